The molecule has 0 aromatic heterocycles. The van der Waals surface area contributed by atoms with E-state index >= 15 is 0 Å². The van der Waals surface area contributed by atoms with Crippen LogP contribution < -0.4 is 14.4 Å². The number of thioether (sulfide) groups is 1. The zero-order chi connectivity index (χ0) is 22.7. The molecule has 1 fully saturated rings. The lowest BCUT2D eigenvalue weighted by atomic mass is 10.1. The van der Waals surface area contributed by atoms with Gasteiger partial charge in [-0.15, -0.1) is 0 Å². The lowest BCUT2D eigenvalue weighted by Gasteiger charge is -2.14. The van der Waals surface area contributed by atoms with Crippen LogP contribution in [0.3, 0.4) is 0 Å². The zero-order valence-electron chi connectivity index (χ0n) is 16.9. The average Bonchev–Trinajstić information content (AvgIpc) is 3.07. The van der Waals surface area contributed by atoms with E-state index in [-0.39, 0.29) is 5.91 Å². The second-order valence-electron chi connectivity index (χ2n) is 6.78. The van der Waals surface area contributed by atoms with Gasteiger partial charge in [0, 0.05) is 15.1 Å². The number of nitrogens with zero attached hydrogens (tertiary/aromatic N) is 1. The van der Waals surface area contributed by atoms with Gasteiger partial charge in [0.25, 0.3) is 5.91 Å². The van der Waals surface area contributed by atoms with Crippen molar-refractivity contribution >= 4 is 73.5 Å². The van der Waals surface area contributed by atoms with Gasteiger partial charge in [0.05, 0.1) is 17.7 Å². The molecule has 1 aliphatic rings. The number of carbonyl (C=O) groups is 1. The van der Waals surface area contributed by atoms with Crippen molar-refractivity contribution in [3.63, 3.8) is 0 Å². The molecule has 0 unspecified atom stereocenters. The molecule has 0 spiro atoms. The van der Waals surface area contributed by atoms with E-state index in [1.807, 2.05) is 66.7 Å². The van der Waals surface area contributed by atoms with Crippen LogP contribution in [0.2, 0.25) is 5.02 Å². The molecule has 162 valence electrons. The highest BCUT2D eigenvalue weighted by Gasteiger charge is 2.33. The Bertz CT molecular complexity index is 1210. The van der Waals surface area contributed by atoms with Gasteiger partial charge in [-0.3, -0.25) is 9.69 Å². The molecule has 4 rings (SSSR count). The fourth-order valence-electron chi connectivity index (χ4n) is 3.10. The minimum atomic E-state index is -0.152. The molecule has 4 nitrogen and oxygen atoms in total. The molecule has 1 amide bonds. The van der Waals surface area contributed by atoms with Crippen LogP contribution in [0.1, 0.15) is 11.1 Å². The number of ether oxygens (including phenoxy) is 2. The standard InChI is InChI=1S/C24H17BrClNO3S2/c1-29-21-12-15(6-11-20(21)30-14-16-4-2-3-5-19(16)26)13-22-23(28)27(24(31)32-22)18-9-7-17(25)8-10-18/h2-13H,14H2,1H3/b22-13+. The summed E-state index contributed by atoms with van der Waals surface area (Å²) in [7, 11) is 1.58. The topological polar surface area (TPSA) is 38.8 Å². The van der Waals surface area contributed by atoms with E-state index in [1.165, 1.54) is 16.7 Å². The molecule has 0 aliphatic carbocycles. The number of methoxy groups -OCH3 is 1. The summed E-state index contributed by atoms with van der Waals surface area (Å²) in [6.07, 6.45) is 1.80. The van der Waals surface area contributed by atoms with E-state index < -0.39 is 0 Å². The Balaban J connectivity index is 1.53. The van der Waals surface area contributed by atoms with Crippen molar-refractivity contribution in [2.45, 2.75) is 6.61 Å². The molecule has 3 aromatic rings. The second kappa shape index (κ2) is 10.1. The first-order chi connectivity index (χ1) is 15.5. The number of benzene rings is 3. The average molecular weight is 547 g/mol. The summed E-state index contributed by atoms with van der Waals surface area (Å²) < 4.78 is 12.8. The molecule has 0 radical (unpaired) electrons. The highest BCUT2D eigenvalue weighted by Crippen LogP contribution is 2.37. The van der Waals surface area contributed by atoms with Gasteiger partial charge in [0.2, 0.25) is 0 Å². The molecule has 32 heavy (non-hydrogen) atoms. The van der Waals surface area contributed by atoms with Crippen LogP contribution in [0.4, 0.5) is 5.69 Å². The van der Waals surface area contributed by atoms with Crippen molar-refractivity contribution in [3.8, 4) is 11.5 Å². The van der Waals surface area contributed by atoms with E-state index in [2.05, 4.69) is 15.9 Å². The number of anilines is 1. The number of amides is 1. The minimum absolute atomic E-state index is 0.152. The third kappa shape index (κ3) is 5.02. The predicted molar refractivity (Wildman–Crippen MR) is 139 cm³/mol. The molecule has 0 bridgehead atoms. The molecule has 1 heterocycles. The normalized spacial score (nSPS) is 14.8. The monoisotopic (exact) mass is 545 g/mol. The van der Waals surface area contributed by atoms with Crippen molar-refractivity contribution < 1.29 is 14.3 Å². The molecule has 8 heteroatoms. The number of thiocarbonyl (C=S) groups is 1. The lowest BCUT2D eigenvalue weighted by molar-refractivity contribution is -0.113. The Morgan fingerprint density at radius 3 is 2.56 bits per heavy atom. The Morgan fingerprint density at radius 2 is 1.84 bits per heavy atom. The van der Waals surface area contributed by atoms with Crippen molar-refractivity contribution in [2.24, 2.45) is 0 Å². The summed E-state index contributed by atoms with van der Waals surface area (Å²) in [4.78, 5) is 15.1. The first kappa shape index (κ1) is 22.9. The van der Waals surface area contributed by atoms with Gasteiger partial charge < -0.3 is 9.47 Å². The van der Waals surface area contributed by atoms with Crippen molar-refractivity contribution in [1.82, 2.24) is 0 Å². The van der Waals surface area contributed by atoms with Gasteiger partial charge in [-0.2, -0.15) is 0 Å². The van der Waals surface area contributed by atoms with Crippen molar-refractivity contribution in [1.29, 1.82) is 0 Å². The molecule has 3 aromatic carbocycles. The van der Waals surface area contributed by atoms with E-state index in [1.54, 1.807) is 13.2 Å². The summed E-state index contributed by atoms with van der Waals surface area (Å²) in [5.74, 6) is 1.00. The van der Waals surface area contributed by atoms with Crippen LogP contribution in [-0.2, 0) is 11.4 Å². The van der Waals surface area contributed by atoms with Crippen molar-refractivity contribution in [3.05, 3.63) is 92.3 Å². The molecule has 0 atom stereocenters. The first-order valence-corrected chi connectivity index (χ1v) is 11.9. The van der Waals surface area contributed by atoms with Gasteiger partial charge >= 0.3 is 0 Å². The van der Waals surface area contributed by atoms with Crippen LogP contribution in [0, 0.1) is 0 Å². The number of hydrogen-bond acceptors (Lipinski definition) is 5. The Labute approximate surface area is 209 Å². The summed E-state index contributed by atoms with van der Waals surface area (Å²) >= 11 is 16.3. The predicted octanol–water partition coefficient (Wildman–Crippen LogP) is 7.10. The third-order valence-corrected chi connectivity index (χ3v) is 6.90. The summed E-state index contributed by atoms with van der Waals surface area (Å²) in [6, 6.07) is 20.5. The van der Waals surface area contributed by atoms with Crippen molar-refractivity contribution in [2.75, 3.05) is 12.0 Å². The second-order valence-corrected chi connectivity index (χ2v) is 9.78. The Kier molecular flexibility index (Phi) is 7.20. The van der Waals surface area contributed by atoms with E-state index in [0.29, 0.717) is 32.4 Å². The zero-order valence-corrected chi connectivity index (χ0v) is 20.9. The Hall–Kier alpha value is -2.32. The van der Waals surface area contributed by atoms with Crippen LogP contribution >= 0.6 is 51.5 Å². The Morgan fingerprint density at radius 1 is 1.09 bits per heavy atom. The van der Waals surface area contributed by atoms with Gasteiger partial charge in [0.15, 0.2) is 15.8 Å². The van der Waals surface area contributed by atoms with Gasteiger partial charge in [0.1, 0.15) is 6.61 Å². The highest BCUT2D eigenvalue weighted by molar-refractivity contribution is 9.10. The number of halogens is 2. The SMILES string of the molecule is COc1cc(/C=C2/SC(=S)N(c3ccc(Br)cc3)C2=O)ccc1OCc1ccccc1Cl. The maximum atomic E-state index is 13.0. The first-order valence-electron chi connectivity index (χ1n) is 9.54. The lowest BCUT2D eigenvalue weighted by Crippen LogP contribution is -2.27. The molecule has 0 N–H and O–H groups in total. The quantitative estimate of drug-likeness (QED) is 0.244. The summed E-state index contributed by atoms with van der Waals surface area (Å²) in [6.45, 7) is 0.321. The number of carbonyl (C=O) groups excluding carboxylic acids is 1. The van der Waals surface area contributed by atoms with E-state index in [4.69, 9.17) is 33.3 Å². The fourth-order valence-corrected chi connectivity index (χ4v) is 4.85. The minimum Gasteiger partial charge on any atom is -0.493 e. The largest absolute Gasteiger partial charge is 0.493 e. The molecule has 1 saturated heterocycles. The van der Waals surface area contributed by atoms with Crippen LogP contribution in [-0.4, -0.2) is 17.3 Å². The maximum Gasteiger partial charge on any atom is 0.270 e. The molecular weight excluding hydrogens is 530 g/mol. The smallest absolute Gasteiger partial charge is 0.270 e. The maximum absolute atomic E-state index is 13.0. The van der Waals surface area contributed by atoms with Gasteiger partial charge in [-0.25, -0.2) is 0 Å². The summed E-state index contributed by atoms with van der Waals surface area (Å²) in [5, 5.41) is 0.649. The van der Waals surface area contributed by atoms with Gasteiger partial charge in [-0.05, 0) is 54.1 Å². The number of rotatable bonds is 6. The van der Waals surface area contributed by atoms with Crippen LogP contribution in [0.5, 0.6) is 11.5 Å². The van der Waals surface area contributed by atoms with Crippen LogP contribution in [0.15, 0.2) is 76.1 Å². The molecular formula is C24H17BrClNO3S2. The van der Waals surface area contributed by atoms with Crippen LogP contribution in [0.25, 0.3) is 6.08 Å². The molecule has 0 saturated carbocycles. The fraction of sp³-hybridized carbons (Fsp3) is 0.0833. The van der Waals surface area contributed by atoms with Gasteiger partial charge in [-0.1, -0.05) is 75.8 Å². The van der Waals surface area contributed by atoms with E-state index in [0.717, 1.165) is 21.3 Å². The third-order valence-electron chi connectivity index (χ3n) is 4.70. The highest BCUT2D eigenvalue weighted by atomic mass is 79.9. The number of hydrogen-bond donors (Lipinski definition) is 0. The van der Waals surface area contributed by atoms with E-state index in [9.17, 15) is 4.79 Å². The molecule has 1 aliphatic heterocycles. The summed E-state index contributed by atoms with van der Waals surface area (Å²) in [5.41, 5.74) is 2.43.